The van der Waals surface area contributed by atoms with Gasteiger partial charge in [-0.05, 0) is 24.3 Å². The van der Waals surface area contributed by atoms with E-state index in [1.807, 2.05) is 12.1 Å². The highest BCUT2D eigenvalue weighted by atomic mass is 19.1. The molecule has 1 heterocycles. The van der Waals surface area contributed by atoms with Crippen molar-refractivity contribution >= 4 is 5.82 Å². The Morgan fingerprint density at radius 1 is 1.16 bits per heavy atom. The minimum Gasteiger partial charge on any atom is -0.497 e. The number of halogens is 1. The Morgan fingerprint density at radius 2 is 2.00 bits per heavy atom. The molecule has 1 aromatic heterocycles. The second-order valence-corrected chi connectivity index (χ2v) is 3.88. The van der Waals surface area contributed by atoms with E-state index in [9.17, 15) is 4.39 Å². The second kappa shape index (κ2) is 6.04. The Labute approximate surface area is 111 Å². The first kappa shape index (κ1) is 13.1. The number of anilines is 1. The number of hydrogen-bond acceptors (Lipinski definition) is 4. The predicted molar refractivity (Wildman–Crippen MR) is 71.1 cm³/mol. The molecule has 0 fully saturated rings. The Bertz CT molecular complexity index is 561. The Hall–Kier alpha value is -2.30. The van der Waals surface area contributed by atoms with E-state index in [0.717, 1.165) is 11.3 Å². The fourth-order valence-electron chi connectivity index (χ4n) is 1.69. The van der Waals surface area contributed by atoms with Crippen molar-refractivity contribution in [1.29, 1.82) is 0 Å². The normalized spacial score (nSPS) is 10.1. The summed E-state index contributed by atoms with van der Waals surface area (Å²) in [6, 6.07) is 10.2. The Morgan fingerprint density at radius 3 is 2.68 bits per heavy atom. The van der Waals surface area contributed by atoms with Crippen LogP contribution in [0.25, 0.3) is 0 Å². The number of pyridine rings is 1. The molecule has 1 aromatic carbocycles. The quantitative estimate of drug-likeness (QED) is 0.841. The number of nitrogens with one attached hydrogen (secondary N) is 1. The largest absolute Gasteiger partial charge is 0.497 e. The molecule has 0 aliphatic heterocycles. The van der Waals surface area contributed by atoms with E-state index in [2.05, 4.69) is 10.3 Å². The molecule has 19 heavy (non-hydrogen) atoms. The zero-order chi connectivity index (χ0) is 13.7. The molecule has 0 unspecified atom stereocenters. The van der Waals surface area contributed by atoms with Crippen molar-refractivity contribution in [3.05, 3.63) is 47.9 Å². The molecule has 0 aliphatic rings. The summed E-state index contributed by atoms with van der Waals surface area (Å²) in [6.45, 7) is 0.490. The minimum absolute atomic E-state index is 0.484. The van der Waals surface area contributed by atoms with Gasteiger partial charge in [-0.3, -0.25) is 0 Å². The average molecular weight is 262 g/mol. The van der Waals surface area contributed by atoms with Gasteiger partial charge in [0.2, 0.25) is 5.95 Å². The fraction of sp³-hybridized carbons (Fsp3) is 0.214. The molecule has 0 radical (unpaired) electrons. The van der Waals surface area contributed by atoms with Crippen LogP contribution in [0.15, 0.2) is 36.4 Å². The lowest BCUT2D eigenvalue weighted by molar-refractivity contribution is 0.391. The molecular weight excluding hydrogens is 247 g/mol. The third kappa shape index (κ3) is 3.34. The summed E-state index contributed by atoms with van der Waals surface area (Å²) in [5.41, 5.74) is 0.939. The van der Waals surface area contributed by atoms with E-state index in [4.69, 9.17) is 9.47 Å². The fourth-order valence-corrected chi connectivity index (χ4v) is 1.69. The summed E-state index contributed by atoms with van der Waals surface area (Å²) in [4.78, 5) is 3.73. The maximum Gasteiger partial charge on any atom is 0.214 e. The third-order valence-corrected chi connectivity index (χ3v) is 2.67. The third-order valence-electron chi connectivity index (χ3n) is 2.67. The molecule has 5 heteroatoms. The standard InChI is InChI=1S/C14H15FN2O2/c1-18-11-7-6-10(12(8-11)19-2)9-16-14-5-3-4-13(15)17-14/h3-8H,9H2,1-2H3,(H,16,17). The van der Waals surface area contributed by atoms with Crippen LogP contribution in [0, 0.1) is 5.95 Å². The minimum atomic E-state index is -0.508. The smallest absolute Gasteiger partial charge is 0.214 e. The van der Waals surface area contributed by atoms with Gasteiger partial charge in [0.25, 0.3) is 0 Å². The highest BCUT2D eigenvalue weighted by molar-refractivity contribution is 5.43. The lowest BCUT2D eigenvalue weighted by Gasteiger charge is -2.11. The number of nitrogens with zero attached hydrogens (tertiary/aromatic N) is 1. The molecule has 1 N–H and O–H groups in total. The summed E-state index contributed by atoms with van der Waals surface area (Å²) in [5, 5.41) is 3.04. The number of aromatic nitrogens is 1. The molecule has 4 nitrogen and oxygen atoms in total. The first-order valence-corrected chi connectivity index (χ1v) is 5.80. The van der Waals surface area contributed by atoms with Gasteiger partial charge in [-0.1, -0.05) is 6.07 Å². The van der Waals surface area contributed by atoms with Gasteiger partial charge in [-0.2, -0.15) is 4.39 Å². The molecule has 0 aliphatic carbocycles. The molecule has 0 bridgehead atoms. The maximum absolute atomic E-state index is 12.9. The number of ether oxygens (including phenoxy) is 2. The monoisotopic (exact) mass is 262 g/mol. The van der Waals surface area contributed by atoms with Crippen LogP contribution in [0.2, 0.25) is 0 Å². The highest BCUT2D eigenvalue weighted by Gasteiger charge is 2.05. The first-order chi connectivity index (χ1) is 9.22. The molecule has 0 saturated heterocycles. The number of hydrogen-bond donors (Lipinski definition) is 1. The van der Waals surface area contributed by atoms with Crippen molar-refractivity contribution in [2.24, 2.45) is 0 Å². The van der Waals surface area contributed by atoms with Gasteiger partial charge >= 0.3 is 0 Å². The summed E-state index contributed by atoms with van der Waals surface area (Å²) in [7, 11) is 3.20. The summed E-state index contributed by atoms with van der Waals surface area (Å²) in [6.07, 6.45) is 0. The van der Waals surface area contributed by atoms with E-state index in [1.165, 1.54) is 6.07 Å². The van der Waals surface area contributed by atoms with Crippen LogP contribution < -0.4 is 14.8 Å². The Balaban J connectivity index is 2.11. The van der Waals surface area contributed by atoms with Gasteiger partial charge < -0.3 is 14.8 Å². The van der Waals surface area contributed by atoms with E-state index in [0.29, 0.717) is 18.1 Å². The Kier molecular flexibility index (Phi) is 4.18. The highest BCUT2D eigenvalue weighted by Crippen LogP contribution is 2.25. The molecule has 2 rings (SSSR count). The van der Waals surface area contributed by atoms with Crippen LogP contribution >= 0.6 is 0 Å². The second-order valence-electron chi connectivity index (χ2n) is 3.88. The van der Waals surface area contributed by atoms with Crippen molar-refractivity contribution in [1.82, 2.24) is 4.98 Å². The van der Waals surface area contributed by atoms with Crippen molar-refractivity contribution in [2.45, 2.75) is 6.54 Å². The van der Waals surface area contributed by atoms with Crippen molar-refractivity contribution in [2.75, 3.05) is 19.5 Å². The van der Waals surface area contributed by atoms with Crippen LogP contribution in [0.5, 0.6) is 11.5 Å². The summed E-state index contributed by atoms with van der Waals surface area (Å²) >= 11 is 0. The zero-order valence-corrected chi connectivity index (χ0v) is 10.8. The van der Waals surface area contributed by atoms with Gasteiger partial charge in [0.05, 0.1) is 14.2 Å². The molecular formula is C14H15FN2O2. The van der Waals surface area contributed by atoms with Crippen molar-refractivity contribution in [3.63, 3.8) is 0 Å². The number of benzene rings is 1. The van der Waals surface area contributed by atoms with Gasteiger partial charge in [0.1, 0.15) is 17.3 Å². The first-order valence-electron chi connectivity index (χ1n) is 5.80. The zero-order valence-electron chi connectivity index (χ0n) is 10.8. The summed E-state index contributed by atoms with van der Waals surface area (Å²) in [5.74, 6) is 1.41. The number of methoxy groups -OCH3 is 2. The SMILES string of the molecule is COc1ccc(CNc2cccc(F)n2)c(OC)c1. The lowest BCUT2D eigenvalue weighted by atomic mass is 10.2. The lowest BCUT2D eigenvalue weighted by Crippen LogP contribution is -2.04. The van der Waals surface area contributed by atoms with Gasteiger partial charge in [0, 0.05) is 18.2 Å². The molecule has 0 spiro atoms. The van der Waals surface area contributed by atoms with E-state index < -0.39 is 5.95 Å². The van der Waals surface area contributed by atoms with Gasteiger partial charge in [-0.25, -0.2) is 4.98 Å². The molecule has 2 aromatic rings. The molecule has 0 saturated carbocycles. The number of rotatable bonds is 5. The topological polar surface area (TPSA) is 43.4 Å². The average Bonchev–Trinajstić information content (AvgIpc) is 2.45. The van der Waals surface area contributed by atoms with E-state index in [-0.39, 0.29) is 0 Å². The van der Waals surface area contributed by atoms with E-state index >= 15 is 0 Å². The van der Waals surface area contributed by atoms with Crippen LogP contribution in [0.1, 0.15) is 5.56 Å². The van der Waals surface area contributed by atoms with Gasteiger partial charge in [-0.15, -0.1) is 0 Å². The predicted octanol–water partition coefficient (Wildman–Crippen LogP) is 2.85. The maximum atomic E-state index is 12.9. The van der Waals surface area contributed by atoms with Gasteiger partial charge in [0.15, 0.2) is 0 Å². The molecule has 100 valence electrons. The van der Waals surface area contributed by atoms with Crippen LogP contribution in [0.4, 0.5) is 10.2 Å². The van der Waals surface area contributed by atoms with Crippen molar-refractivity contribution in [3.8, 4) is 11.5 Å². The van der Waals surface area contributed by atoms with Crippen LogP contribution in [-0.4, -0.2) is 19.2 Å². The van der Waals surface area contributed by atoms with Crippen LogP contribution in [-0.2, 0) is 6.54 Å². The van der Waals surface area contributed by atoms with Crippen molar-refractivity contribution < 1.29 is 13.9 Å². The summed E-state index contributed by atoms with van der Waals surface area (Å²) < 4.78 is 23.4. The van der Waals surface area contributed by atoms with Crippen LogP contribution in [0.3, 0.4) is 0 Å². The van der Waals surface area contributed by atoms with E-state index in [1.54, 1.807) is 32.4 Å². The molecule has 0 amide bonds. The molecule has 0 atom stereocenters.